The molecule has 1 saturated heterocycles. The first kappa shape index (κ1) is 12.4. The van der Waals surface area contributed by atoms with Crippen LogP contribution in [0.5, 0.6) is 0 Å². The Morgan fingerprint density at radius 1 is 1.35 bits per heavy atom. The number of aromatic amines is 1. The number of benzene rings is 1. The van der Waals surface area contributed by atoms with E-state index >= 15 is 0 Å². The van der Waals surface area contributed by atoms with Crippen molar-refractivity contribution in [2.45, 2.75) is 44.2 Å². The second kappa shape index (κ2) is 4.61. The van der Waals surface area contributed by atoms with Crippen molar-refractivity contribution in [3.8, 4) is 0 Å². The molecular formula is C17H22N2O. The summed E-state index contributed by atoms with van der Waals surface area (Å²) in [5.41, 5.74) is 3.96. The highest BCUT2D eigenvalue weighted by Crippen LogP contribution is 2.44. The van der Waals surface area contributed by atoms with Gasteiger partial charge in [-0.25, -0.2) is 0 Å². The van der Waals surface area contributed by atoms with E-state index in [4.69, 9.17) is 0 Å². The lowest BCUT2D eigenvalue weighted by atomic mass is 9.82. The summed E-state index contributed by atoms with van der Waals surface area (Å²) in [5, 5.41) is 11.8. The van der Waals surface area contributed by atoms with E-state index in [2.05, 4.69) is 41.1 Å². The van der Waals surface area contributed by atoms with Crippen LogP contribution in [0.1, 0.15) is 49.4 Å². The Labute approximate surface area is 119 Å². The minimum Gasteiger partial charge on any atom is -0.391 e. The third-order valence-corrected chi connectivity index (χ3v) is 5.13. The fourth-order valence-electron chi connectivity index (χ4n) is 4.19. The lowest BCUT2D eigenvalue weighted by molar-refractivity contribution is -0.00277. The van der Waals surface area contributed by atoms with E-state index in [1.54, 1.807) is 0 Å². The molecule has 0 saturated carbocycles. The molecule has 4 rings (SSSR count). The minimum absolute atomic E-state index is 0.175. The highest BCUT2D eigenvalue weighted by Gasteiger charge is 2.40. The van der Waals surface area contributed by atoms with E-state index in [-0.39, 0.29) is 12.1 Å². The lowest BCUT2D eigenvalue weighted by Gasteiger charge is -2.44. The highest BCUT2D eigenvalue weighted by atomic mass is 16.3. The number of aromatic nitrogens is 1. The second-order valence-electron chi connectivity index (χ2n) is 6.25. The van der Waals surface area contributed by atoms with Crippen molar-refractivity contribution in [2.75, 3.05) is 13.1 Å². The van der Waals surface area contributed by atoms with E-state index in [0.717, 1.165) is 32.4 Å². The number of nitrogens with one attached hydrogen (secondary N) is 1. The molecule has 1 aromatic carbocycles. The topological polar surface area (TPSA) is 39.3 Å². The van der Waals surface area contributed by atoms with Crippen molar-refractivity contribution in [3.63, 3.8) is 0 Å². The summed E-state index contributed by atoms with van der Waals surface area (Å²) in [7, 11) is 0. The zero-order valence-electron chi connectivity index (χ0n) is 12.0. The van der Waals surface area contributed by atoms with Crippen LogP contribution in [0.25, 0.3) is 10.9 Å². The summed E-state index contributed by atoms with van der Waals surface area (Å²) in [6.45, 7) is 4.48. The van der Waals surface area contributed by atoms with Crippen LogP contribution in [0.2, 0.25) is 0 Å². The van der Waals surface area contributed by atoms with Crippen molar-refractivity contribution in [2.24, 2.45) is 0 Å². The summed E-state index contributed by atoms with van der Waals surface area (Å²) in [5.74, 6) is 0.586. The first-order valence-corrected chi connectivity index (χ1v) is 7.82. The summed E-state index contributed by atoms with van der Waals surface area (Å²) in [6.07, 6.45) is 2.97. The van der Waals surface area contributed by atoms with Gasteiger partial charge in [-0.3, -0.25) is 4.90 Å². The number of aliphatic hydroxyl groups excluding tert-OH is 1. The second-order valence-corrected chi connectivity index (χ2v) is 6.25. The fraction of sp³-hybridized carbons (Fsp3) is 0.529. The van der Waals surface area contributed by atoms with Gasteiger partial charge in [0.1, 0.15) is 0 Å². The fourth-order valence-corrected chi connectivity index (χ4v) is 4.19. The number of H-pyrrole nitrogens is 1. The molecule has 0 spiro atoms. The highest BCUT2D eigenvalue weighted by molar-refractivity contribution is 5.85. The Bertz CT molecular complexity index is 633. The van der Waals surface area contributed by atoms with Crippen molar-refractivity contribution in [3.05, 3.63) is 35.5 Å². The molecule has 1 aromatic heterocycles. The van der Waals surface area contributed by atoms with Gasteiger partial charge >= 0.3 is 0 Å². The van der Waals surface area contributed by atoms with Crippen LogP contribution in [0.15, 0.2) is 24.3 Å². The minimum atomic E-state index is -0.228. The summed E-state index contributed by atoms with van der Waals surface area (Å²) < 4.78 is 0. The molecule has 2 aromatic rings. The Balaban J connectivity index is 1.93. The summed E-state index contributed by atoms with van der Waals surface area (Å²) in [4.78, 5) is 6.09. The smallest absolute Gasteiger partial charge is 0.0764 e. The molecule has 2 aliphatic rings. The molecule has 106 valence electrons. The van der Waals surface area contributed by atoms with Gasteiger partial charge in [0, 0.05) is 23.1 Å². The van der Waals surface area contributed by atoms with Gasteiger partial charge < -0.3 is 10.1 Å². The van der Waals surface area contributed by atoms with Gasteiger partial charge in [0.2, 0.25) is 0 Å². The van der Waals surface area contributed by atoms with Gasteiger partial charge in [0.25, 0.3) is 0 Å². The van der Waals surface area contributed by atoms with Crippen molar-refractivity contribution in [1.29, 1.82) is 0 Å². The van der Waals surface area contributed by atoms with Crippen LogP contribution < -0.4 is 0 Å². The van der Waals surface area contributed by atoms with Gasteiger partial charge in [-0.2, -0.15) is 0 Å². The Hall–Kier alpha value is -1.32. The van der Waals surface area contributed by atoms with Gasteiger partial charge in [-0.05, 0) is 43.4 Å². The van der Waals surface area contributed by atoms with E-state index in [9.17, 15) is 5.11 Å². The maximum atomic E-state index is 10.5. The Kier molecular flexibility index (Phi) is 2.86. The molecular weight excluding hydrogens is 248 g/mol. The van der Waals surface area contributed by atoms with Crippen LogP contribution in [0.3, 0.4) is 0 Å². The zero-order chi connectivity index (χ0) is 13.7. The maximum Gasteiger partial charge on any atom is 0.0764 e. The van der Waals surface area contributed by atoms with Crippen LogP contribution in [-0.2, 0) is 0 Å². The monoisotopic (exact) mass is 270 g/mol. The molecule has 3 nitrogen and oxygen atoms in total. The van der Waals surface area contributed by atoms with Crippen molar-refractivity contribution >= 4 is 10.9 Å². The average Bonchev–Trinajstić information content (AvgIpc) is 2.85. The first-order chi connectivity index (χ1) is 9.79. The van der Waals surface area contributed by atoms with Crippen LogP contribution in [0, 0.1) is 0 Å². The predicted molar refractivity (Wildman–Crippen MR) is 80.9 cm³/mol. The van der Waals surface area contributed by atoms with E-state index < -0.39 is 0 Å². The molecule has 0 amide bonds. The number of piperidine rings is 1. The van der Waals surface area contributed by atoms with Gasteiger partial charge in [0.15, 0.2) is 0 Å². The molecule has 0 aliphatic carbocycles. The summed E-state index contributed by atoms with van der Waals surface area (Å²) >= 11 is 0. The predicted octanol–water partition coefficient (Wildman–Crippen LogP) is 3.17. The molecule has 2 unspecified atom stereocenters. The van der Waals surface area contributed by atoms with Gasteiger partial charge in [-0.15, -0.1) is 0 Å². The van der Waals surface area contributed by atoms with E-state index in [0.29, 0.717) is 5.92 Å². The van der Waals surface area contributed by atoms with Crippen LogP contribution in [-0.4, -0.2) is 34.2 Å². The standard InChI is InChI=1S/C17H22N2O/c1-2-11-10-19-9-5-8-14(20)17(19)16-15(11)12-6-3-4-7-13(12)18-16/h3-4,6-7,11,14,17-18,20H,2,5,8-10H2,1H3/t11?,14-,17?/m1/s1. The average molecular weight is 270 g/mol. The molecule has 0 radical (unpaired) electrons. The summed E-state index contributed by atoms with van der Waals surface area (Å²) in [6, 6.07) is 8.75. The van der Waals surface area contributed by atoms with E-state index in [1.807, 2.05) is 0 Å². The Morgan fingerprint density at radius 2 is 2.20 bits per heavy atom. The van der Waals surface area contributed by atoms with Gasteiger partial charge in [-0.1, -0.05) is 25.1 Å². The number of hydrogen-bond donors (Lipinski definition) is 2. The number of para-hydroxylation sites is 1. The lowest BCUT2D eigenvalue weighted by Crippen LogP contribution is -2.46. The molecule has 3 heterocycles. The zero-order valence-corrected chi connectivity index (χ0v) is 12.0. The molecule has 3 heteroatoms. The molecule has 2 aliphatic heterocycles. The molecule has 20 heavy (non-hydrogen) atoms. The number of fused-ring (bicyclic) bond motifs is 5. The molecule has 0 bridgehead atoms. The van der Waals surface area contributed by atoms with E-state index in [1.165, 1.54) is 22.2 Å². The number of hydrogen-bond acceptors (Lipinski definition) is 2. The van der Waals surface area contributed by atoms with Gasteiger partial charge in [0.05, 0.1) is 12.1 Å². The van der Waals surface area contributed by atoms with Crippen molar-refractivity contribution < 1.29 is 5.11 Å². The van der Waals surface area contributed by atoms with Crippen molar-refractivity contribution in [1.82, 2.24) is 9.88 Å². The third kappa shape index (κ3) is 1.66. The molecule has 1 fully saturated rings. The number of rotatable bonds is 1. The third-order valence-electron chi connectivity index (χ3n) is 5.13. The number of aliphatic hydroxyl groups is 1. The van der Waals surface area contributed by atoms with Crippen LogP contribution >= 0.6 is 0 Å². The normalized spacial score (nSPS) is 30.2. The quantitative estimate of drug-likeness (QED) is 0.835. The molecule has 2 N–H and O–H groups in total. The maximum absolute atomic E-state index is 10.5. The SMILES string of the molecule is CCC1CN2CCC[C@@H](O)C2c2[nH]c3ccccc3c21. The first-order valence-electron chi connectivity index (χ1n) is 7.82. The Morgan fingerprint density at radius 3 is 3.05 bits per heavy atom. The largest absolute Gasteiger partial charge is 0.391 e. The van der Waals surface area contributed by atoms with Crippen LogP contribution in [0.4, 0.5) is 0 Å². The number of nitrogens with zero attached hydrogens (tertiary/aromatic N) is 1. The molecule has 3 atom stereocenters.